The number of nitrogens with zero attached hydrogens (tertiary/aromatic N) is 4. The molecular weight excluding hydrogens is 613 g/mol. The highest BCUT2D eigenvalue weighted by atomic mass is 16.3. The second-order valence-electron chi connectivity index (χ2n) is 12.5. The monoisotopic (exact) mass is 640 g/mol. The van der Waals surface area contributed by atoms with Crippen molar-refractivity contribution in [3.8, 4) is 51.0 Å². The van der Waals surface area contributed by atoms with Gasteiger partial charge in [0.15, 0.2) is 17.5 Å². The van der Waals surface area contributed by atoms with Gasteiger partial charge < -0.3 is 8.98 Å². The molecule has 3 heterocycles. The second kappa shape index (κ2) is 11.4. The van der Waals surface area contributed by atoms with Crippen molar-refractivity contribution in [2.45, 2.75) is 0 Å². The Morgan fingerprint density at radius 3 is 1.70 bits per heavy atom. The molecule has 234 valence electrons. The minimum absolute atomic E-state index is 0.627. The van der Waals surface area contributed by atoms with Gasteiger partial charge in [0.25, 0.3) is 0 Å². The number of benzene rings is 7. The molecule has 10 aromatic rings. The summed E-state index contributed by atoms with van der Waals surface area (Å²) in [6.07, 6.45) is 0. The summed E-state index contributed by atoms with van der Waals surface area (Å²) in [4.78, 5) is 15.0. The summed E-state index contributed by atoms with van der Waals surface area (Å²) in [5, 5.41) is 4.58. The van der Waals surface area contributed by atoms with Crippen molar-refractivity contribution in [3.05, 3.63) is 170 Å². The Kier molecular flexibility index (Phi) is 6.42. The average molecular weight is 641 g/mol. The van der Waals surface area contributed by atoms with Gasteiger partial charge in [0.1, 0.15) is 11.2 Å². The topological polar surface area (TPSA) is 56.7 Å². The number of fused-ring (bicyclic) bond motifs is 6. The van der Waals surface area contributed by atoms with Crippen molar-refractivity contribution in [3.63, 3.8) is 0 Å². The highest BCUT2D eigenvalue weighted by Gasteiger charge is 2.19. The quantitative estimate of drug-likeness (QED) is 0.188. The van der Waals surface area contributed by atoms with Crippen LogP contribution < -0.4 is 0 Å². The van der Waals surface area contributed by atoms with Gasteiger partial charge in [0, 0.05) is 43.9 Å². The Labute approximate surface area is 287 Å². The first-order valence-corrected chi connectivity index (χ1v) is 16.7. The normalized spacial score (nSPS) is 11.6. The molecular formula is C45H28N4O. The third kappa shape index (κ3) is 4.60. The van der Waals surface area contributed by atoms with Crippen molar-refractivity contribution in [2.75, 3.05) is 0 Å². The van der Waals surface area contributed by atoms with Crippen LogP contribution in [0.4, 0.5) is 0 Å². The van der Waals surface area contributed by atoms with Crippen LogP contribution in [0, 0.1) is 0 Å². The Hall–Kier alpha value is -6.85. The highest BCUT2D eigenvalue weighted by Crippen LogP contribution is 2.41. The number of hydrogen-bond acceptors (Lipinski definition) is 4. The first-order chi connectivity index (χ1) is 24.8. The van der Waals surface area contributed by atoms with Gasteiger partial charge in [-0.05, 0) is 53.6 Å². The van der Waals surface area contributed by atoms with Crippen LogP contribution in [0.3, 0.4) is 0 Å². The summed E-state index contributed by atoms with van der Waals surface area (Å²) in [6.45, 7) is 0. The first kappa shape index (κ1) is 28.2. The van der Waals surface area contributed by atoms with Crippen LogP contribution in [0.25, 0.3) is 94.7 Å². The molecule has 50 heavy (non-hydrogen) atoms. The molecule has 0 aliphatic rings. The molecule has 3 aromatic heterocycles. The van der Waals surface area contributed by atoms with Crippen molar-refractivity contribution < 1.29 is 4.42 Å². The standard InChI is InChI=1S/C45H28N4O/c1-4-13-29(14-5-1)43-46-44(30-15-6-2-7-16-30)48-45(47-43)32-23-25-36-39(28-32)49(33-17-8-3-9-18-33)38-21-12-20-34(42(36)38)31-24-26-41-37(27-31)35-19-10-11-22-40(35)50-41/h1-28H. The zero-order valence-corrected chi connectivity index (χ0v) is 26.9. The molecule has 7 aromatic carbocycles. The molecule has 0 radical (unpaired) electrons. The fourth-order valence-electron chi connectivity index (χ4n) is 7.13. The van der Waals surface area contributed by atoms with E-state index in [2.05, 4.69) is 102 Å². The Bertz CT molecular complexity index is 2800. The lowest BCUT2D eigenvalue weighted by Gasteiger charge is -2.10. The maximum Gasteiger partial charge on any atom is 0.164 e. The molecule has 0 saturated carbocycles. The fraction of sp³-hybridized carbons (Fsp3) is 0. The Balaban J connectivity index is 1.22. The highest BCUT2D eigenvalue weighted by molar-refractivity contribution is 6.17. The molecule has 0 spiro atoms. The van der Waals surface area contributed by atoms with E-state index in [1.54, 1.807) is 0 Å². The van der Waals surface area contributed by atoms with Gasteiger partial charge in [-0.1, -0.05) is 127 Å². The Morgan fingerprint density at radius 2 is 0.980 bits per heavy atom. The van der Waals surface area contributed by atoms with Crippen LogP contribution in [0.15, 0.2) is 174 Å². The lowest BCUT2D eigenvalue weighted by molar-refractivity contribution is 0.669. The molecule has 0 bridgehead atoms. The van der Waals surface area contributed by atoms with Gasteiger partial charge >= 0.3 is 0 Å². The van der Waals surface area contributed by atoms with E-state index in [-0.39, 0.29) is 0 Å². The lowest BCUT2D eigenvalue weighted by atomic mass is 9.97. The number of rotatable bonds is 5. The molecule has 0 unspecified atom stereocenters. The third-order valence-electron chi connectivity index (χ3n) is 9.45. The Morgan fingerprint density at radius 1 is 0.380 bits per heavy atom. The molecule has 0 aliphatic carbocycles. The van der Waals surface area contributed by atoms with Gasteiger partial charge in [0.2, 0.25) is 0 Å². The first-order valence-electron chi connectivity index (χ1n) is 16.7. The van der Waals surface area contributed by atoms with E-state index in [0.717, 1.165) is 66.3 Å². The van der Waals surface area contributed by atoms with Gasteiger partial charge in [-0.25, -0.2) is 15.0 Å². The molecule has 10 rings (SSSR count). The van der Waals surface area contributed by atoms with Crippen molar-refractivity contribution >= 4 is 43.7 Å². The minimum Gasteiger partial charge on any atom is -0.456 e. The summed E-state index contributed by atoms with van der Waals surface area (Å²) in [6, 6.07) is 58.6. The van der Waals surface area contributed by atoms with E-state index in [4.69, 9.17) is 19.4 Å². The van der Waals surface area contributed by atoms with Crippen LogP contribution in [0.5, 0.6) is 0 Å². The van der Waals surface area contributed by atoms with Crippen LogP contribution in [-0.2, 0) is 0 Å². The van der Waals surface area contributed by atoms with Gasteiger partial charge in [0.05, 0.1) is 11.0 Å². The lowest BCUT2D eigenvalue weighted by Crippen LogP contribution is -2.00. The summed E-state index contributed by atoms with van der Waals surface area (Å²) >= 11 is 0. The largest absolute Gasteiger partial charge is 0.456 e. The maximum absolute atomic E-state index is 6.17. The summed E-state index contributed by atoms with van der Waals surface area (Å²) in [5.41, 5.74) is 10.2. The van der Waals surface area contributed by atoms with Gasteiger partial charge in [-0.3, -0.25) is 0 Å². The van der Waals surface area contributed by atoms with Crippen molar-refractivity contribution in [1.29, 1.82) is 0 Å². The zero-order chi connectivity index (χ0) is 33.0. The van der Waals surface area contributed by atoms with E-state index in [0.29, 0.717) is 17.5 Å². The number of para-hydroxylation sites is 2. The molecule has 0 saturated heterocycles. The maximum atomic E-state index is 6.17. The van der Waals surface area contributed by atoms with E-state index in [9.17, 15) is 0 Å². The van der Waals surface area contributed by atoms with Crippen LogP contribution in [0.1, 0.15) is 0 Å². The minimum atomic E-state index is 0.627. The molecule has 0 fully saturated rings. The molecule has 5 nitrogen and oxygen atoms in total. The molecule has 0 amide bonds. The van der Waals surface area contributed by atoms with Crippen LogP contribution >= 0.6 is 0 Å². The molecule has 0 N–H and O–H groups in total. The van der Waals surface area contributed by atoms with Crippen LogP contribution in [-0.4, -0.2) is 19.5 Å². The van der Waals surface area contributed by atoms with Crippen molar-refractivity contribution in [2.24, 2.45) is 0 Å². The third-order valence-corrected chi connectivity index (χ3v) is 9.45. The second-order valence-corrected chi connectivity index (χ2v) is 12.5. The summed E-state index contributed by atoms with van der Waals surface area (Å²) in [5.74, 6) is 1.91. The smallest absolute Gasteiger partial charge is 0.164 e. The average Bonchev–Trinajstić information content (AvgIpc) is 3.74. The van der Waals surface area contributed by atoms with Gasteiger partial charge in [-0.15, -0.1) is 0 Å². The predicted molar refractivity (Wildman–Crippen MR) is 203 cm³/mol. The molecule has 5 heteroatoms. The van der Waals surface area contributed by atoms with E-state index >= 15 is 0 Å². The van der Waals surface area contributed by atoms with E-state index in [1.165, 1.54) is 10.9 Å². The fourth-order valence-corrected chi connectivity index (χ4v) is 7.13. The summed E-state index contributed by atoms with van der Waals surface area (Å²) < 4.78 is 8.52. The zero-order valence-electron chi connectivity index (χ0n) is 26.9. The number of furan rings is 1. The SMILES string of the molecule is c1ccc(-c2nc(-c3ccccc3)nc(-c3ccc4c5c(-c6ccc7oc8ccccc8c7c6)cccc5n(-c5ccccc5)c4c3)n2)cc1. The number of aromatic nitrogens is 4. The molecule has 0 atom stereocenters. The van der Waals surface area contributed by atoms with Gasteiger partial charge in [-0.2, -0.15) is 0 Å². The van der Waals surface area contributed by atoms with Crippen molar-refractivity contribution in [1.82, 2.24) is 19.5 Å². The number of hydrogen-bond donors (Lipinski definition) is 0. The summed E-state index contributed by atoms with van der Waals surface area (Å²) in [7, 11) is 0. The van der Waals surface area contributed by atoms with Crippen LogP contribution in [0.2, 0.25) is 0 Å². The van der Waals surface area contributed by atoms with E-state index < -0.39 is 0 Å². The van der Waals surface area contributed by atoms with E-state index in [1.807, 2.05) is 72.8 Å². The molecule has 0 aliphatic heterocycles. The predicted octanol–water partition coefficient (Wildman–Crippen LogP) is 11.5.